The van der Waals surface area contributed by atoms with Gasteiger partial charge in [0, 0.05) is 12.1 Å². The molecule has 0 amide bonds. The molecule has 0 aliphatic rings. The smallest absolute Gasteiger partial charge is 0.305 e. The van der Waals surface area contributed by atoms with Crippen molar-refractivity contribution in [2.45, 2.75) is 19.8 Å². The molecule has 0 aliphatic carbocycles. The van der Waals surface area contributed by atoms with Gasteiger partial charge in [-0.2, -0.15) is 0 Å². The van der Waals surface area contributed by atoms with Crippen molar-refractivity contribution in [3.05, 3.63) is 29.6 Å². The minimum absolute atomic E-state index is 0.0415. The van der Waals surface area contributed by atoms with Crippen molar-refractivity contribution in [2.75, 3.05) is 17.6 Å². The molecule has 1 aromatic carbocycles. The quantitative estimate of drug-likeness (QED) is 0.811. The summed E-state index contributed by atoms with van der Waals surface area (Å²) in [6, 6.07) is 3.95. The minimum Gasteiger partial charge on any atom is -0.469 e. The van der Waals surface area contributed by atoms with Crippen LogP contribution < -0.4 is 4.72 Å². The first-order valence-corrected chi connectivity index (χ1v) is 7.33. The van der Waals surface area contributed by atoms with Crippen molar-refractivity contribution in [1.29, 1.82) is 0 Å². The predicted octanol–water partition coefficient (Wildman–Crippen LogP) is 1.83. The van der Waals surface area contributed by atoms with Gasteiger partial charge in [0.05, 0.1) is 12.9 Å². The molecular weight excluding hydrogens is 273 g/mol. The molecular formula is C12H16FNO4S. The van der Waals surface area contributed by atoms with Crippen LogP contribution in [0.2, 0.25) is 0 Å². The second-order valence-electron chi connectivity index (χ2n) is 4.06. The van der Waals surface area contributed by atoms with E-state index in [9.17, 15) is 17.6 Å². The van der Waals surface area contributed by atoms with Crippen LogP contribution in [-0.2, 0) is 19.6 Å². The molecule has 0 aliphatic heterocycles. The summed E-state index contributed by atoms with van der Waals surface area (Å²) in [5, 5.41) is 0. The van der Waals surface area contributed by atoms with Crippen LogP contribution in [-0.4, -0.2) is 27.2 Å². The van der Waals surface area contributed by atoms with E-state index in [4.69, 9.17) is 0 Å². The predicted molar refractivity (Wildman–Crippen MR) is 69.8 cm³/mol. The molecule has 106 valence electrons. The Bertz CT molecular complexity index is 557. The molecule has 0 aromatic heterocycles. The van der Waals surface area contributed by atoms with Crippen molar-refractivity contribution in [2.24, 2.45) is 0 Å². The zero-order valence-electron chi connectivity index (χ0n) is 10.8. The zero-order valence-corrected chi connectivity index (χ0v) is 11.6. The summed E-state index contributed by atoms with van der Waals surface area (Å²) >= 11 is 0. The van der Waals surface area contributed by atoms with Crippen LogP contribution in [0.15, 0.2) is 18.2 Å². The molecule has 0 heterocycles. The Morgan fingerprint density at radius 3 is 2.68 bits per heavy atom. The molecule has 19 heavy (non-hydrogen) atoms. The highest BCUT2D eigenvalue weighted by atomic mass is 32.2. The highest BCUT2D eigenvalue weighted by Crippen LogP contribution is 2.15. The summed E-state index contributed by atoms with van der Waals surface area (Å²) in [4.78, 5) is 10.9. The van der Waals surface area contributed by atoms with Crippen molar-refractivity contribution in [3.8, 4) is 0 Å². The lowest BCUT2D eigenvalue weighted by Crippen LogP contribution is -2.17. The van der Waals surface area contributed by atoms with E-state index in [1.165, 1.54) is 25.3 Å². The van der Waals surface area contributed by atoms with Crippen molar-refractivity contribution in [1.82, 2.24) is 0 Å². The first-order valence-electron chi connectivity index (χ1n) is 5.67. The van der Waals surface area contributed by atoms with E-state index in [1.54, 1.807) is 6.92 Å². The van der Waals surface area contributed by atoms with Gasteiger partial charge in [-0.1, -0.05) is 0 Å². The molecule has 0 unspecified atom stereocenters. The van der Waals surface area contributed by atoms with Crippen LogP contribution in [0.4, 0.5) is 10.1 Å². The average Bonchev–Trinajstić information content (AvgIpc) is 2.33. The van der Waals surface area contributed by atoms with Crippen LogP contribution >= 0.6 is 0 Å². The topological polar surface area (TPSA) is 72.5 Å². The lowest BCUT2D eigenvalue weighted by Gasteiger charge is -2.08. The summed E-state index contributed by atoms with van der Waals surface area (Å²) in [6.07, 6.45) is 0.210. The molecule has 1 N–H and O–H groups in total. The number of sulfonamides is 1. The van der Waals surface area contributed by atoms with E-state index >= 15 is 0 Å². The average molecular weight is 289 g/mol. The fraction of sp³-hybridized carbons (Fsp3) is 0.417. The molecule has 5 nitrogen and oxygen atoms in total. The normalized spacial score (nSPS) is 11.1. The molecule has 0 fully saturated rings. The number of aryl methyl sites for hydroxylation is 1. The fourth-order valence-corrected chi connectivity index (χ4v) is 2.56. The van der Waals surface area contributed by atoms with Gasteiger partial charge in [0.25, 0.3) is 0 Å². The van der Waals surface area contributed by atoms with Crippen molar-refractivity contribution < 1.29 is 22.3 Å². The summed E-state index contributed by atoms with van der Waals surface area (Å²) in [6.45, 7) is 1.55. The number of ether oxygens (including phenoxy) is 1. The number of carbonyl (C=O) groups is 1. The molecule has 0 radical (unpaired) electrons. The van der Waals surface area contributed by atoms with E-state index in [0.717, 1.165) is 0 Å². The van der Waals surface area contributed by atoms with Gasteiger partial charge in [-0.15, -0.1) is 0 Å². The van der Waals surface area contributed by atoms with Crippen LogP contribution in [0.3, 0.4) is 0 Å². The fourth-order valence-electron chi connectivity index (χ4n) is 1.45. The molecule has 0 saturated carbocycles. The number of hydrogen-bond acceptors (Lipinski definition) is 4. The summed E-state index contributed by atoms with van der Waals surface area (Å²) in [5.41, 5.74) is 0.659. The Hall–Kier alpha value is -1.63. The standard InChI is InChI=1S/C12H16FNO4S/c1-9-8-10(5-6-11(9)13)14-19(16,17)7-3-4-12(15)18-2/h5-6,8,14H,3-4,7H2,1-2H3. The Morgan fingerprint density at radius 1 is 1.42 bits per heavy atom. The SMILES string of the molecule is COC(=O)CCCS(=O)(=O)Nc1ccc(F)c(C)c1. The molecule has 0 spiro atoms. The van der Waals surface area contributed by atoms with Gasteiger partial charge >= 0.3 is 5.97 Å². The number of hydrogen-bond donors (Lipinski definition) is 1. The second kappa shape index (κ2) is 6.51. The lowest BCUT2D eigenvalue weighted by molar-refractivity contribution is -0.140. The first-order chi connectivity index (χ1) is 8.84. The molecule has 0 atom stereocenters. The van der Waals surface area contributed by atoms with Crippen LogP contribution in [0.1, 0.15) is 18.4 Å². The lowest BCUT2D eigenvalue weighted by atomic mass is 10.2. The van der Waals surface area contributed by atoms with Gasteiger partial charge in [0.15, 0.2) is 0 Å². The van der Waals surface area contributed by atoms with E-state index in [0.29, 0.717) is 11.3 Å². The van der Waals surface area contributed by atoms with Crippen LogP contribution in [0.5, 0.6) is 0 Å². The van der Waals surface area contributed by atoms with Gasteiger partial charge in [-0.25, -0.2) is 12.8 Å². The monoisotopic (exact) mass is 289 g/mol. The Balaban J connectivity index is 2.59. The molecule has 0 saturated heterocycles. The molecule has 1 rings (SSSR count). The van der Waals surface area contributed by atoms with E-state index in [-0.39, 0.29) is 18.6 Å². The van der Waals surface area contributed by atoms with Gasteiger partial charge in [0.1, 0.15) is 5.82 Å². The van der Waals surface area contributed by atoms with E-state index < -0.39 is 21.8 Å². The number of benzene rings is 1. The maximum absolute atomic E-state index is 13.0. The minimum atomic E-state index is -3.55. The Labute approximate surface area is 111 Å². The van der Waals surface area contributed by atoms with Gasteiger partial charge in [0.2, 0.25) is 10.0 Å². The number of nitrogens with one attached hydrogen (secondary N) is 1. The highest BCUT2D eigenvalue weighted by molar-refractivity contribution is 7.92. The number of esters is 1. The first kappa shape index (κ1) is 15.4. The Kier molecular flexibility index (Phi) is 5.29. The van der Waals surface area contributed by atoms with Gasteiger partial charge < -0.3 is 4.74 Å². The third-order valence-electron chi connectivity index (χ3n) is 2.45. The molecule has 1 aromatic rings. The van der Waals surface area contributed by atoms with Gasteiger partial charge in [-0.3, -0.25) is 9.52 Å². The number of rotatable bonds is 6. The summed E-state index contributed by atoms with van der Waals surface area (Å²) in [5.74, 6) is -1.04. The number of halogens is 1. The van der Waals surface area contributed by atoms with E-state index in [2.05, 4.69) is 9.46 Å². The Morgan fingerprint density at radius 2 is 2.11 bits per heavy atom. The number of carbonyl (C=O) groups excluding carboxylic acids is 1. The largest absolute Gasteiger partial charge is 0.469 e. The second-order valence-corrected chi connectivity index (χ2v) is 5.91. The number of methoxy groups -OCH3 is 1. The maximum atomic E-state index is 13.0. The molecule has 7 heteroatoms. The number of anilines is 1. The molecule has 0 bridgehead atoms. The van der Waals surface area contributed by atoms with Crippen molar-refractivity contribution in [3.63, 3.8) is 0 Å². The third-order valence-corrected chi connectivity index (χ3v) is 3.83. The highest BCUT2D eigenvalue weighted by Gasteiger charge is 2.12. The maximum Gasteiger partial charge on any atom is 0.305 e. The van der Waals surface area contributed by atoms with Gasteiger partial charge in [-0.05, 0) is 37.1 Å². The zero-order chi connectivity index (χ0) is 14.5. The summed E-state index contributed by atoms with van der Waals surface area (Å²) < 4.78 is 43.2. The van der Waals surface area contributed by atoms with E-state index in [1.807, 2.05) is 0 Å². The third kappa shape index (κ3) is 5.25. The van der Waals surface area contributed by atoms with Crippen molar-refractivity contribution >= 4 is 21.7 Å². The van der Waals surface area contributed by atoms with Crippen LogP contribution in [0.25, 0.3) is 0 Å². The summed E-state index contributed by atoms with van der Waals surface area (Å²) in [7, 11) is -2.30. The van der Waals surface area contributed by atoms with Crippen LogP contribution in [0, 0.1) is 12.7 Å².